The minimum Gasteiger partial charge on any atom is -0.493 e. The molecule has 0 aliphatic carbocycles. The summed E-state index contributed by atoms with van der Waals surface area (Å²) in [5.41, 5.74) is 1.57. The molecule has 13 nitrogen and oxygen atoms in total. The van der Waals surface area contributed by atoms with E-state index in [0.717, 1.165) is 11.3 Å². The van der Waals surface area contributed by atoms with Gasteiger partial charge in [0.25, 0.3) is 16.9 Å². The Morgan fingerprint density at radius 2 is 1.67 bits per heavy atom. The zero-order valence-electron chi connectivity index (χ0n) is 24.3. The van der Waals surface area contributed by atoms with Crippen LogP contribution in [-0.4, -0.2) is 34.1 Å². The second-order valence-corrected chi connectivity index (χ2v) is 10.8. The zero-order chi connectivity index (χ0) is 32.2. The van der Waals surface area contributed by atoms with Crippen LogP contribution in [0.2, 0.25) is 0 Å². The third-order valence-corrected chi connectivity index (χ3v) is 7.97. The maximum absolute atomic E-state index is 14.0. The lowest BCUT2D eigenvalue weighted by Crippen LogP contribution is -2.39. The number of nitro groups is 2. The molecule has 0 amide bonds. The number of aromatic nitrogens is 1. The molecule has 0 fully saturated rings. The average Bonchev–Trinajstić information content (AvgIpc) is 3.33. The van der Waals surface area contributed by atoms with Crippen molar-refractivity contribution in [2.24, 2.45) is 4.99 Å². The topological polar surface area (TPSA) is 165 Å². The molecule has 0 bridgehead atoms. The SMILES string of the molecule is CCOC(=O)C1=C(C)N=c2s/c(=C/c3cccc(OC)c3OCc3ccc([N+](=O)[O-])cc3)c(=O)n2[C@H]1c1ccc([N+](=O)[O-])cc1. The number of esters is 1. The molecule has 2 heterocycles. The number of ether oxygens (including phenoxy) is 3. The summed E-state index contributed by atoms with van der Waals surface area (Å²) in [7, 11) is 1.48. The number of carbonyl (C=O) groups excluding carboxylic acids is 1. The van der Waals surface area contributed by atoms with E-state index >= 15 is 0 Å². The summed E-state index contributed by atoms with van der Waals surface area (Å²) in [6, 6.07) is 15.8. The fourth-order valence-corrected chi connectivity index (χ4v) is 5.90. The van der Waals surface area contributed by atoms with Gasteiger partial charge in [-0.3, -0.25) is 29.6 Å². The van der Waals surface area contributed by atoms with Crippen molar-refractivity contribution >= 4 is 34.8 Å². The van der Waals surface area contributed by atoms with Crippen LogP contribution in [0.5, 0.6) is 11.5 Å². The maximum Gasteiger partial charge on any atom is 0.338 e. The molecular weight excluding hydrogens is 604 g/mol. The van der Waals surface area contributed by atoms with Crippen molar-refractivity contribution in [3.63, 3.8) is 0 Å². The molecule has 4 aromatic rings. The first-order valence-corrected chi connectivity index (χ1v) is 14.4. The smallest absolute Gasteiger partial charge is 0.338 e. The Balaban J connectivity index is 1.60. The van der Waals surface area contributed by atoms with Crippen molar-refractivity contribution in [3.05, 3.63) is 135 Å². The van der Waals surface area contributed by atoms with E-state index in [1.165, 1.54) is 48.1 Å². The lowest BCUT2D eigenvalue weighted by atomic mass is 9.95. The summed E-state index contributed by atoms with van der Waals surface area (Å²) in [5.74, 6) is 0.105. The number of fused-ring (bicyclic) bond motifs is 1. The summed E-state index contributed by atoms with van der Waals surface area (Å²) in [6.07, 6.45) is 1.63. The minimum absolute atomic E-state index is 0.0412. The number of hydrogen-bond donors (Lipinski definition) is 0. The third kappa shape index (κ3) is 6.21. The van der Waals surface area contributed by atoms with Gasteiger partial charge >= 0.3 is 5.97 Å². The van der Waals surface area contributed by atoms with Crippen LogP contribution >= 0.6 is 11.3 Å². The molecule has 0 saturated heterocycles. The molecule has 1 atom stereocenters. The number of hydrogen-bond acceptors (Lipinski definition) is 11. The number of rotatable bonds is 10. The van der Waals surface area contributed by atoms with Gasteiger partial charge in [-0.1, -0.05) is 23.5 Å². The Hall–Kier alpha value is -5.63. The lowest BCUT2D eigenvalue weighted by molar-refractivity contribution is -0.385. The predicted octanol–water partition coefficient (Wildman–Crippen LogP) is 4.20. The number of non-ortho nitro benzene ring substituents is 2. The Bertz CT molecular complexity index is 2010. The van der Waals surface area contributed by atoms with Crippen LogP contribution in [0.3, 0.4) is 0 Å². The molecule has 3 aromatic carbocycles. The molecule has 45 heavy (non-hydrogen) atoms. The number of nitrogens with zero attached hydrogens (tertiary/aromatic N) is 4. The number of thiazole rings is 1. The molecule has 0 spiro atoms. The summed E-state index contributed by atoms with van der Waals surface area (Å²) in [6.45, 7) is 3.49. The highest BCUT2D eigenvalue weighted by atomic mass is 32.1. The average molecular weight is 631 g/mol. The molecule has 5 rings (SSSR count). The zero-order valence-corrected chi connectivity index (χ0v) is 25.1. The monoisotopic (exact) mass is 630 g/mol. The van der Waals surface area contributed by atoms with Crippen LogP contribution in [0.25, 0.3) is 6.08 Å². The minimum atomic E-state index is -0.938. The quantitative estimate of drug-likeness (QED) is 0.142. The molecule has 1 aliphatic rings. The molecule has 1 aromatic heterocycles. The summed E-state index contributed by atoms with van der Waals surface area (Å²) in [4.78, 5) is 53.3. The van der Waals surface area contributed by atoms with E-state index < -0.39 is 27.4 Å². The number of nitro benzene ring substituents is 2. The first-order chi connectivity index (χ1) is 21.6. The van der Waals surface area contributed by atoms with Crippen LogP contribution in [0.15, 0.2) is 87.8 Å². The van der Waals surface area contributed by atoms with E-state index in [2.05, 4.69) is 4.99 Å². The van der Waals surface area contributed by atoms with Crippen LogP contribution in [0.4, 0.5) is 11.4 Å². The van der Waals surface area contributed by atoms with Gasteiger partial charge in [0.15, 0.2) is 16.3 Å². The van der Waals surface area contributed by atoms with E-state index in [1.54, 1.807) is 50.3 Å². The maximum atomic E-state index is 14.0. The number of para-hydroxylation sites is 1. The highest BCUT2D eigenvalue weighted by Crippen LogP contribution is 2.34. The largest absolute Gasteiger partial charge is 0.493 e. The standard InChI is InChI=1S/C31H26N4O9S/c1-4-43-30(37)26-18(2)32-31-33(27(26)20-10-14-23(15-11-20)35(40)41)29(36)25(45-31)16-21-6-5-7-24(42-3)28(21)44-17-19-8-12-22(13-9-19)34(38)39/h5-16,27H,4,17H2,1-3H3/b25-16+/t27-/m0/s1. The Kier molecular flexibility index (Phi) is 8.86. The van der Waals surface area contributed by atoms with Gasteiger partial charge in [-0.25, -0.2) is 9.79 Å². The first kappa shape index (κ1) is 30.8. The highest BCUT2D eigenvalue weighted by Gasteiger charge is 2.33. The van der Waals surface area contributed by atoms with Crippen LogP contribution in [-0.2, 0) is 16.1 Å². The molecule has 0 radical (unpaired) electrons. The molecule has 1 aliphatic heterocycles. The fraction of sp³-hybridized carbons (Fsp3) is 0.194. The van der Waals surface area contributed by atoms with Gasteiger partial charge in [0.2, 0.25) is 0 Å². The Morgan fingerprint density at radius 1 is 1.02 bits per heavy atom. The molecule has 230 valence electrons. The van der Waals surface area contributed by atoms with Gasteiger partial charge in [0, 0.05) is 29.8 Å². The Morgan fingerprint density at radius 3 is 2.27 bits per heavy atom. The van der Waals surface area contributed by atoms with Crippen molar-refractivity contribution in [2.45, 2.75) is 26.5 Å². The van der Waals surface area contributed by atoms with Crippen LogP contribution < -0.4 is 24.4 Å². The van der Waals surface area contributed by atoms with Gasteiger partial charge in [0.05, 0.1) is 45.4 Å². The van der Waals surface area contributed by atoms with Crippen LogP contribution in [0.1, 0.15) is 36.6 Å². The molecule has 0 unspecified atom stereocenters. The van der Waals surface area contributed by atoms with E-state index in [0.29, 0.717) is 38.7 Å². The van der Waals surface area contributed by atoms with Gasteiger partial charge in [-0.15, -0.1) is 0 Å². The number of carbonyl (C=O) groups is 1. The normalized spacial score (nSPS) is 14.4. The summed E-state index contributed by atoms with van der Waals surface area (Å²) >= 11 is 1.11. The first-order valence-electron chi connectivity index (χ1n) is 13.6. The van der Waals surface area contributed by atoms with Crippen molar-refractivity contribution in [1.82, 2.24) is 4.57 Å². The van der Waals surface area contributed by atoms with E-state index in [9.17, 15) is 29.8 Å². The van der Waals surface area contributed by atoms with Crippen molar-refractivity contribution in [1.29, 1.82) is 0 Å². The van der Waals surface area contributed by atoms with Crippen molar-refractivity contribution in [3.8, 4) is 11.5 Å². The lowest BCUT2D eigenvalue weighted by Gasteiger charge is -2.24. The second kappa shape index (κ2) is 12.9. The second-order valence-electron chi connectivity index (χ2n) is 9.74. The molecule has 0 saturated carbocycles. The van der Waals surface area contributed by atoms with E-state index in [-0.39, 0.29) is 34.7 Å². The van der Waals surface area contributed by atoms with Crippen molar-refractivity contribution in [2.75, 3.05) is 13.7 Å². The van der Waals surface area contributed by atoms with Gasteiger partial charge in [-0.05, 0) is 61.4 Å². The number of allylic oxidation sites excluding steroid dienone is 1. The van der Waals surface area contributed by atoms with Crippen molar-refractivity contribution < 1.29 is 28.9 Å². The third-order valence-electron chi connectivity index (χ3n) is 6.98. The van der Waals surface area contributed by atoms with E-state index in [1.807, 2.05) is 0 Å². The summed E-state index contributed by atoms with van der Waals surface area (Å²) < 4.78 is 18.6. The molecular formula is C31H26N4O9S. The van der Waals surface area contributed by atoms with Gasteiger partial charge in [0.1, 0.15) is 6.61 Å². The number of benzene rings is 3. The Labute approximate surface area is 259 Å². The predicted molar refractivity (Wildman–Crippen MR) is 164 cm³/mol. The van der Waals surface area contributed by atoms with Gasteiger partial charge < -0.3 is 14.2 Å². The summed E-state index contributed by atoms with van der Waals surface area (Å²) in [5, 5.41) is 22.3. The van der Waals surface area contributed by atoms with Gasteiger partial charge in [-0.2, -0.15) is 0 Å². The van der Waals surface area contributed by atoms with Crippen LogP contribution in [0, 0.1) is 20.2 Å². The molecule has 0 N–H and O–H groups in total. The molecule has 14 heteroatoms. The fourth-order valence-electron chi connectivity index (χ4n) is 4.86. The van der Waals surface area contributed by atoms with E-state index in [4.69, 9.17) is 14.2 Å². The highest BCUT2D eigenvalue weighted by molar-refractivity contribution is 7.07. The number of methoxy groups -OCH3 is 1.